The van der Waals surface area contributed by atoms with Crippen molar-refractivity contribution in [2.24, 2.45) is 5.73 Å². The third-order valence-corrected chi connectivity index (χ3v) is 2.87. The number of hydrogen-bond acceptors (Lipinski definition) is 3. The van der Waals surface area contributed by atoms with Gasteiger partial charge in [0.05, 0.1) is 17.5 Å². The highest BCUT2D eigenvalue weighted by molar-refractivity contribution is 5.33. The van der Waals surface area contributed by atoms with Crippen LogP contribution < -0.4 is 5.73 Å². The van der Waals surface area contributed by atoms with Gasteiger partial charge in [-0.2, -0.15) is 0 Å². The van der Waals surface area contributed by atoms with Crippen LogP contribution in [0.3, 0.4) is 0 Å². The smallest absolute Gasteiger partial charge is 0.0810 e. The zero-order valence-corrected chi connectivity index (χ0v) is 11.6. The fourth-order valence-corrected chi connectivity index (χ4v) is 1.96. The molecular weight excluding hydrogens is 224 g/mol. The Balaban J connectivity index is 0.000000771. The Morgan fingerprint density at radius 1 is 1.33 bits per heavy atom. The van der Waals surface area contributed by atoms with Crippen LogP contribution in [-0.2, 0) is 4.74 Å². The first-order valence-corrected chi connectivity index (χ1v) is 6.62. The van der Waals surface area contributed by atoms with Crippen LogP contribution in [0.5, 0.6) is 0 Å². The third-order valence-electron chi connectivity index (χ3n) is 2.87. The highest BCUT2D eigenvalue weighted by atomic mass is 16.5. The van der Waals surface area contributed by atoms with Crippen molar-refractivity contribution in [1.82, 2.24) is 4.90 Å². The van der Waals surface area contributed by atoms with Gasteiger partial charge >= 0.3 is 0 Å². The molecule has 0 aromatic rings. The van der Waals surface area contributed by atoms with Crippen LogP contribution in [0.2, 0.25) is 0 Å². The van der Waals surface area contributed by atoms with E-state index in [2.05, 4.69) is 29.3 Å². The maximum Gasteiger partial charge on any atom is 0.0810 e. The molecule has 0 saturated heterocycles. The molecule has 1 unspecified atom stereocenters. The molecule has 0 fully saturated rings. The second-order valence-corrected chi connectivity index (χ2v) is 3.97. The summed E-state index contributed by atoms with van der Waals surface area (Å²) >= 11 is 0. The second kappa shape index (κ2) is 7.77. The standard InChI is InChI=1S/C13H18N2O.C2H6/c1-16-11-6-7-13(12(14)10-11)15-8-4-2-3-5-9-15;1-2/h2-4,7-8,10-11H,5-6,9,14H2,1H3;1-2H3. The second-order valence-electron chi connectivity index (χ2n) is 3.97. The Morgan fingerprint density at radius 2 is 2.11 bits per heavy atom. The van der Waals surface area contributed by atoms with Gasteiger partial charge in [-0.1, -0.05) is 32.1 Å². The number of allylic oxidation sites excluding steroid dienone is 2. The normalized spacial score (nSPS) is 22.6. The quantitative estimate of drug-likeness (QED) is 0.816. The summed E-state index contributed by atoms with van der Waals surface area (Å²) in [7, 11) is 1.71. The van der Waals surface area contributed by atoms with E-state index in [0.29, 0.717) is 0 Å². The average Bonchev–Trinajstić information content (AvgIpc) is 2.69. The minimum atomic E-state index is 0.123. The van der Waals surface area contributed by atoms with Crippen molar-refractivity contribution in [3.05, 3.63) is 48.0 Å². The van der Waals surface area contributed by atoms with E-state index in [9.17, 15) is 0 Å². The van der Waals surface area contributed by atoms with Crippen molar-refractivity contribution in [3.63, 3.8) is 0 Å². The topological polar surface area (TPSA) is 38.5 Å². The van der Waals surface area contributed by atoms with E-state index >= 15 is 0 Å². The largest absolute Gasteiger partial charge is 0.397 e. The predicted molar refractivity (Wildman–Crippen MR) is 76.7 cm³/mol. The number of rotatable bonds is 2. The highest BCUT2D eigenvalue weighted by Gasteiger charge is 2.16. The van der Waals surface area contributed by atoms with E-state index in [-0.39, 0.29) is 6.10 Å². The molecule has 0 spiro atoms. The monoisotopic (exact) mass is 248 g/mol. The van der Waals surface area contributed by atoms with Crippen LogP contribution in [0.25, 0.3) is 0 Å². The molecule has 0 aromatic carbocycles. The van der Waals surface area contributed by atoms with Crippen molar-refractivity contribution in [2.45, 2.75) is 32.8 Å². The van der Waals surface area contributed by atoms with Crippen molar-refractivity contribution >= 4 is 0 Å². The van der Waals surface area contributed by atoms with Crippen LogP contribution >= 0.6 is 0 Å². The van der Waals surface area contributed by atoms with Gasteiger partial charge in [0.15, 0.2) is 0 Å². The lowest BCUT2D eigenvalue weighted by atomic mass is 10.1. The van der Waals surface area contributed by atoms with Gasteiger partial charge in [0, 0.05) is 19.9 Å². The Hall–Kier alpha value is -1.48. The maximum absolute atomic E-state index is 6.04. The molecule has 0 bridgehead atoms. The molecule has 3 nitrogen and oxygen atoms in total. The van der Waals surface area contributed by atoms with E-state index in [1.807, 2.05) is 26.0 Å². The number of ether oxygens (including phenoxy) is 1. The Bertz CT molecular complexity index is 367. The summed E-state index contributed by atoms with van der Waals surface area (Å²) in [4.78, 5) is 2.19. The maximum atomic E-state index is 6.04. The van der Waals surface area contributed by atoms with Gasteiger partial charge in [-0.25, -0.2) is 0 Å². The number of methoxy groups -OCH3 is 1. The van der Waals surface area contributed by atoms with Crippen molar-refractivity contribution in [1.29, 1.82) is 0 Å². The van der Waals surface area contributed by atoms with E-state index in [0.717, 1.165) is 30.8 Å². The molecule has 3 heteroatoms. The molecule has 2 N–H and O–H groups in total. The fourth-order valence-electron chi connectivity index (χ4n) is 1.96. The van der Waals surface area contributed by atoms with Crippen LogP contribution in [0, 0.1) is 0 Å². The molecule has 2 rings (SSSR count). The van der Waals surface area contributed by atoms with Crippen molar-refractivity contribution < 1.29 is 4.74 Å². The van der Waals surface area contributed by atoms with Crippen LogP contribution in [0.15, 0.2) is 48.0 Å². The first-order chi connectivity index (χ1) is 8.81. The van der Waals surface area contributed by atoms with Gasteiger partial charge in [-0.05, 0) is 25.0 Å². The Kier molecular flexibility index (Phi) is 6.29. The summed E-state index contributed by atoms with van der Waals surface area (Å²) in [6, 6.07) is 0. The molecule has 1 aliphatic heterocycles. The molecule has 100 valence electrons. The lowest BCUT2D eigenvalue weighted by molar-refractivity contribution is 0.140. The highest BCUT2D eigenvalue weighted by Crippen LogP contribution is 2.21. The van der Waals surface area contributed by atoms with Crippen LogP contribution in [0.4, 0.5) is 0 Å². The molecule has 0 amide bonds. The summed E-state index contributed by atoms with van der Waals surface area (Å²) in [6.45, 7) is 4.98. The van der Waals surface area contributed by atoms with Crippen LogP contribution in [0.1, 0.15) is 26.7 Å². The minimum absolute atomic E-state index is 0.123. The number of nitrogens with two attached hydrogens (primary N) is 1. The minimum Gasteiger partial charge on any atom is -0.397 e. The molecule has 0 radical (unpaired) electrons. The van der Waals surface area contributed by atoms with Gasteiger partial charge in [-0.3, -0.25) is 0 Å². The van der Waals surface area contributed by atoms with Gasteiger partial charge < -0.3 is 15.4 Å². The first kappa shape index (κ1) is 14.6. The number of nitrogens with zero attached hydrogens (tertiary/aromatic N) is 1. The van der Waals surface area contributed by atoms with E-state index in [1.165, 1.54) is 0 Å². The van der Waals surface area contributed by atoms with Gasteiger partial charge in [0.25, 0.3) is 0 Å². The summed E-state index contributed by atoms with van der Waals surface area (Å²) in [5.74, 6) is 0. The molecular formula is C15H24N2O. The average molecular weight is 248 g/mol. The van der Waals surface area contributed by atoms with Crippen molar-refractivity contribution in [2.75, 3.05) is 13.7 Å². The third kappa shape index (κ3) is 3.77. The molecule has 2 aliphatic rings. The molecule has 0 aromatic heterocycles. The Labute approximate surface area is 110 Å². The zero-order chi connectivity index (χ0) is 13.4. The van der Waals surface area contributed by atoms with Crippen molar-refractivity contribution in [3.8, 4) is 0 Å². The molecule has 1 atom stereocenters. The summed E-state index contributed by atoms with van der Waals surface area (Å²) < 4.78 is 5.27. The number of hydrogen-bond donors (Lipinski definition) is 1. The molecule has 1 aliphatic carbocycles. The van der Waals surface area contributed by atoms with E-state index < -0.39 is 0 Å². The van der Waals surface area contributed by atoms with Gasteiger partial charge in [-0.15, -0.1) is 0 Å². The Morgan fingerprint density at radius 3 is 2.78 bits per heavy atom. The van der Waals surface area contributed by atoms with Crippen LogP contribution in [-0.4, -0.2) is 24.7 Å². The van der Waals surface area contributed by atoms with E-state index in [1.54, 1.807) is 7.11 Å². The van der Waals surface area contributed by atoms with Gasteiger partial charge in [0.1, 0.15) is 0 Å². The fraction of sp³-hybridized carbons (Fsp3) is 0.467. The predicted octanol–water partition coefficient (Wildman–Crippen LogP) is 2.93. The zero-order valence-electron chi connectivity index (χ0n) is 11.6. The van der Waals surface area contributed by atoms with E-state index in [4.69, 9.17) is 10.5 Å². The molecule has 0 saturated carbocycles. The first-order valence-electron chi connectivity index (χ1n) is 6.62. The summed E-state index contributed by atoms with van der Waals surface area (Å²) in [5, 5.41) is 0. The summed E-state index contributed by atoms with van der Waals surface area (Å²) in [6.07, 6.45) is 14.6. The van der Waals surface area contributed by atoms with Gasteiger partial charge in [0.2, 0.25) is 0 Å². The SMILES string of the molecule is CC.COC1C=C(N)C(N2C=CC=CCC2)=CC1. The summed E-state index contributed by atoms with van der Waals surface area (Å²) in [5.41, 5.74) is 7.96. The molecule has 1 heterocycles. The molecule has 18 heavy (non-hydrogen) atoms. The lowest BCUT2D eigenvalue weighted by Crippen LogP contribution is -2.26. The lowest BCUT2D eigenvalue weighted by Gasteiger charge is -2.27.